The van der Waals surface area contributed by atoms with Crippen LogP contribution in [0.1, 0.15) is 38.8 Å². The fraction of sp³-hybridized carbons (Fsp3) is 0.391. The third-order valence-electron chi connectivity index (χ3n) is 4.29. The number of methoxy groups -OCH3 is 1. The number of aromatic hydroxyl groups is 1. The first-order valence-corrected chi connectivity index (χ1v) is 10.1. The number of nitrogens with zero attached hydrogens (tertiary/aromatic N) is 1. The number of benzene rings is 2. The van der Waals surface area contributed by atoms with Gasteiger partial charge in [-0.1, -0.05) is 18.2 Å². The van der Waals surface area contributed by atoms with E-state index in [2.05, 4.69) is 10.6 Å². The molecule has 0 saturated carbocycles. The first kappa shape index (κ1) is 23.9. The normalized spacial score (nSPS) is 10.9. The standard InChI is InChI=1S/C23H31N3O5/c1-6-26(22(29)31-23(2,3)4)15-17-8-7-9-18(12-17)25-21(28)24-14-16-10-11-20(30-5)19(27)13-16/h7-13,27H,6,14-15H2,1-5H3,(H2,24,25,28). The highest BCUT2D eigenvalue weighted by atomic mass is 16.6. The minimum absolute atomic E-state index is 0.0142. The number of urea groups is 1. The summed E-state index contributed by atoms with van der Waals surface area (Å²) >= 11 is 0. The van der Waals surface area contributed by atoms with Crippen LogP contribution in [-0.2, 0) is 17.8 Å². The van der Waals surface area contributed by atoms with Crippen molar-refractivity contribution in [3.8, 4) is 11.5 Å². The van der Waals surface area contributed by atoms with Crippen LogP contribution in [0.2, 0.25) is 0 Å². The molecule has 8 nitrogen and oxygen atoms in total. The van der Waals surface area contributed by atoms with Gasteiger partial charge in [0.1, 0.15) is 5.60 Å². The SMILES string of the molecule is CCN(Cc1cccc(NC(=O)NCc2ccc(OC)c(O)c2)c1)C(=O)OC(C)(C)C. The topological polar surface area (TPSA) is 100 Å². The van der Waals surface area contributed by atoms with Crippen LogP contribution in [0.15, 0.2) is 42.5 Å². The maximum Gasteiger partial charge on any atom is 0.410 e. The Bertz CT molecular complexity index is 908. The first-order valence-electron chi connectivity index (χ1n) is 10.1. The van der Waals surface area contributed by atoms with Gasteiger partial charge in [-0.25, -0.2) is 9.59 Å². The van der Waals surface area contributed by atoms with E-state index < -0.39 is 5.60 Å². The molecule has 0 bridgehead atoms. The van der Waals surface area contributed by atoms with Gasteiger partial charge >= 0.3 is 12.1 Å². The van der Waals surface area contributed by atoms with Gasteiger partial charge in [0, 0.05) is 25.3 Å². The summed E-state index contributed by atoms with van der Waals surface area (Å²) in [4.78, 5) is 26.2. The lowest BCUT2D eigenvalue weighted by Crippen LogP contribution is -2.36. The van der Waals surface area contributed by atoms with Gasteiger partial charge in [-0.2, -0.15) is 0 Å². The van der Waals surface area contributed by atoms with E-state index in [0.717, 1.165) is 11.1 Å². The number of carbonyl (C=O) groups is 2. The van der Waals surface area contributed by atoms with Crippen molar-refractivity contribution in [3.05, 3.63) is 53.6 Å². The summed E-state index contributed by atoms with van der Waals surface area (Å²) in [7, 11) is 1.47. The van der Waals surface area contributed by atoms with Gasteiger partial charge in [0.25, 0.3) is 0 Å². The largest absolute Gasteiger partial charge is 0.504 e. The van der Waals surface area contributed by atoms with E-state index in [0.29, 0.717) is 24.5 Å². The number of nitrogens with one attached hydrogen (secondary N) is 2. The highest BCUT2D eigenvalue weighted by Gasteiger charge is 2.21. The van der Waals surface area contributed by atoms with Crippen molar-refractivity contribution in [3.63, 3.8) is 0 Å². The molecule has 2 aromatic carbocycles. The lowest BCUT2D eigenvalue weighted by molar-refractivity contribution is 0.0244. The van der Waals surface area contributed by atoms with Crippen LogP contribution in [0.25, 0.3) is 0 Å². The number of ether oxygens (including phenoxy) is 2. The van der Waals surface area contributed by atoms with Crippen LogP contribution in [0.4, 0.5) is 15.3 Å². The second kappa shape index (κ2) is 10.6. The maximum absolute atomic E-state index is 12.3. The van der Waals surface area contributed by atoms with Crippen LogP contribution in [0.5, 0.6) is 11.5 Å². The van der Waals surface area contributed by atoms with Crippen LogP contribution in [0, 0.1) is 0 Å². The molecule has 168 valence electrons. The number of hydrogen-bond acceptors (Lipinski definition) is 5. The second-order valence-electron chi connectivity index (χ2n) is 8.01. The summed E-state index contributed by atoms with van der Waals surface area (Å²) in [6, 6.07) is 11.8. The smallest absolute Gasteiger partial charge is 0.410 e. The Morgan fingerprint density at radius 2 is 1.84 bits per heavy atom. The molecular weight excluding hydrogens is 398 g/mol. The average molecular weight is 430 g/mol. The molecule has 0 aliphatic carbocycles. The van der Waals surface area contributed by atoms with E-state index >= 15 is 0 Å². The minimum atomic E-state index is -0.563. The molecule has 0 aliphatic heterocycles. The minimum Gasteiger partial charge on any atom is -0.504 e. The van der Waals surface area contributed by atoms with E-state index in [4.69, 9.17) is 9.47 Å². The van der Waals surface area contributed by atoms with Gasteiger partial charge in [-0.05, 0) is 63.1 Å². The summed E-state index contributed by atoms with van der Waals surface area (Å²) in [6.07, 6.45) is -0.381. The van der Waals surface area contributed by atoms with Crippen LogP contribution in [0.3, 0.4) is 0 Å². The van der Waals surface area contributed by atoms with Crippen LogP contribution < -0.4 is 15.4 Å². The van der Waals surface area contributed by atoms with E-state index in [9.17, 15) is 14.7 Å². The third kappa shape index (κ3) is 7.73. The molecule has 3 N–H and O–H groups in total. The van der Waals surface area contributed by atoms with E-state index in [1.165, 1.54) is 13.2 Å². The molecule has 0 spiro atoms. The Balaban J connectivity index is 1.94. The highest BCUT2D eigenvalue weighted by molar-refractivity contribution is 5.89. The van der Waals surface area contributed by atoms with Crippen molar-refractivity contribution in [1.82, 2.24) is 10.2 Å². The predicted molar refractivity (Wildman–Crippen MR) is 119 cm³/mol. The number of anilines is 1. The Labute approximate surface area is 183 Å². The summed E-state index contributed by atoms with van der Waals surface area (Å²) in [5, 5.41) is 15.3. The number of carbonyl (C=O) groups excluding carboxylic acids is 2. The zero-order valence-corrected chi connectivity index (χ0v) is 18.7. The summed E-state index contributed by atoms with van der Waals surface area (Å²) in [5.74, 6) is 0.387. The van der Waals surface area contributed by atoms with E-state index in [1.807, 2.05) is 45.9 Å². The molecule has 0 radical (unpaired) electrons. The molecular formula is C23H31N3O5. The van der Waals surface area contributed by atoms with Gasteiger partial charge in [0.2, 0.25) is 0 Å². The Morgan fingerprint density at radius 1 is 1.10 bits per heavy atom. The zero-order valence-electron chi connectivity index (χ0n) is 18.7. The molecule has 0 atom stereocenters. The molecule has 0 unspecified atom stereocenters. The average Bonchev–Trinajstić information content (AvgIpc) is 2.69. The molecule has 0 heterocycles. The lowest BCUT2D eigenvalue weighted by Gasteiger charge is -2.26. The monoisotopic (exact) mass is 429 g/mol. The number of phenolic OH excluding ortho intramolecular Hbond substituents is 1. The van der Waals surface area contributed by atoms with E-state index in [-0.39, 0.29) is 24.4 Å². The Kier molecular flexibility index (Phi) is 8.13. The van der Waals surface area contributed by atoms with Crippen LogP contribution >= 0.6 is 0 Å². The van der Waals surface area contributed by atoms with Crippen molar-refractivity contribution in [2.75, 3.05) is 19.0 Å². The zero-order chi connectivity index (χ0) is 23.0. The van der Waals surface area contributed by atoms with Gasteiger partial charge in [-0.15, -0.1) is 0 Å². The van der Waals surface area contributed by atoms with Crippen molar-refractivity contribution in [2.24, 2.45) is 0 Å². The summed E-state index contributed by atoms with van der Waals surface area (Å²) in [6.45, 7) is 8.48. The second-order valence-corrected chi connectivity index (χ2v) is 8.01. The number of amides is 3. The van der Waals surface area contributed by atoms with Gasteiger partial charge in [-0.3, -0.25) is 0 Å². The molecule has 2 rings (SSSR count). The molecule has 3 amide bonds. The van der Waals surface area contributed by atoms with Crippen molar-refractivity contribution in [1.29, 1.82) is 0 Å². The highest BCUT2D eigenvalue weighted by Crippen LogP contribution is 2.26. The third-order valence-corrected chi connectivity index (χ3v) is 4.29. The summed E-state index contributed by atoms with van der Waals surface area (Å²) < 4.78 is 10.4. The van der Waals surface area contributed by atoms with Gasteiger partial charge in [0.05, 0.1) is 7.11 Å². The molecule has 0 aromatic heterocycles. The lowest BCUT2D eigenvalue weighted by atomic mass is 10.2. The fourth-order valence-electron chi connectivity index (χ4n) is 2.80. The van der Waals surface area contributed by atoms with Gasteiger partial charge < -0.3 is 30.1 Å². The quantitative estimate of drug-likeness (QED) is 0.603. The van der Waals surface area contributed by atoms with Crippen LogP contribution in [-0.4, -0.2) is 41.4 Å². The summed E-state index contributed by atoms with van der Waals surface area (Å²) in [5.41, 5.74) is 1.64. The molecule has 8 heteroatoms. The van der Waals surface area contributed by atoms with E-state index in [1.54, 1.807) is 23.1 Å². The first-order chi connectivity index (χ1) is 14.6. The Morgan fingerprint density at radius 3 is 2.45 bits per heavy atom. The number of phenols is 1. The van der Waals surface area contributed by atoms with Crippen molar-refractivity contribution >= 4 is 17.8 Å². The predicted octanol–water partition coefficient (Wildman–Crippen LogP) is 4.48. The Hall–Kier alpha value is -3.42. The molecule has 0 fully saturated rings. The maximum atomic E-state index is 12.3. The molecule has 2 aromatic rings. The number of rotatable bonds is 7. The van der Waals surface area contributed by atoms with Gasteiger partial charge in [0.15, 0.2) is 11.5 Å². The van der Waals surface area contributed by atoms with Crippen molar-refractivity contribution < 1.29 is 24.2 Å². The molecule has 0 aliphatic rings. The molecule has 0 saturated heterocycles. The number of hydrogen-bond donors (Lipinski definition) is 3. The molecule has 31 heavy (non-hydrogen) atoms. The fourth-order valence-corrected chi connectivity index (χ4v) is 2.80. The van der Waals surface area contributed by atoms with Crippen molar-refractivity contribution in [2.45, 2.75) is 46.4 Å².